The molecule has 0 radical (unpaired) electrons. The standard InChI is InChI=1S/C21H27F2IN4O/c1-14-10-15(27(4)19(29)13-26(2)3)12-28(11-14)18-8-7-17(21(22,23)24)20-16(18)6-5-9-25-20/h5-9,14-15H,10-13H2,1-4H3/t14-,15+/m0/s1. The predicted octanol–water partition coefficient (Wildman–Crippen LogP) is 3.95. The van der Waals surface area contributed by atoms with Gasteiger partial charge in [0.2, 0.25) is 5.91 Å². The number of amides is 1. The molecule has 1 aliphatic rings. The molecular formula is C21H27F2IN4O. The quantitative estimate of drug-likeness (QED) is 0.446. The number of carbonyl (C=O) groups excluding carboxylic acids is 1. The molecule has 5 nitrogen and oxygen atoms in total. The van der Waals surface area contributed by atoms with Crippen molar-refractivity contribution in [3.05, 3.63) is 36.0 Å². The van der Waals surface area contributed by atoms with Gasteiger partial charge in [-0.2, -0.15) is 8.78 Å². The molecule has 2 aromatic rings. The molecule has 29 heavy (non-hydrogen) atoms. The number of hydrogen-bond acceptors (Lipinski definition) is 4. The fourth-order valence-electron chi connectivity index (χ4n) is 4.04. The van der Waals surface area contributed by atoms with Gasteiger partial charge in [0.25, 0.3) is 0 Å². The molecule has 0 saturated carbocycles. The number of fused-ring (bicyclic) bond motifs is 1. The average molecular weight is 516 g/mol. The van der Waals surface area contributed by atoms with Crippen molar-refractivity contribution < 1.29 is 13.6 Å². The second-order valence-electron chi connectivity index (χ2n) is 8.17. The number of piperidine rings is 1. The summed E-state index contributed by atoms with van der Waals surface area (Å²) in [4.78, 5) is 22.7. The molecule has 8 heteroatoms. The number of anilines is 1. The third kappa shape index (κ3) is 4.96. The smallest absolute Gasteiger partial charge is 0.323 e. The van der Waals surface area contributed by atoms with Crippen LogP contribution >= 0.6 is 22.6 Å². The summed E-state index contributed by atoms with van der Waals surface area (Å²) < 4.78 is 25.1. The van der Waals surface area contributed by atoms with E-state index < -0.39 is 3.93 Å². The SMILES string of the molecule is C[C@H]1C[C@@H](N(C)C(=O)CN(C)C)CN(c2ccc(C(F)(F)I)c3ncccc23)C1. The van der Waals surface area contributed by atoms with E-state index in [1.807, 2.05) is 37.0 Å². The minimum atomic E-state index is -2.99. The van der Waals surface area contributed by atoms with Crippen LogP contribution in [0.25, 0.3) is 10.9 Å². The summed E-state index contributed by atoms with van der Waals surface area (Å²) in [6, 6.07) is 6.94. The van der Waals surface area contributed by atoms with Gasteiger partial charge in [-0.1, -0.05) is 6.92 Å². The van der Waals surface area contributed by atoms with Gasteiger partial charge in [0.1, 0.15) is 0 Å². The molecule has 1 saturated heterocycles. The lowest BCUT2D eigenvalue weighted by Crippen LogP contribution is -2.52. The number of rotatable bonds is 5. The molecule has 3 rings (SSSR count). The number of likely N-dealkylation sites (N-methyl/N-ethyl adjacent to an activating group) is 2. The number of hydrogen-bond donors (Lipinski definition) is 0. The Balaban J connectivity index is 1.94. The highest BCUT2D eigenvalue weighted by Crippen LogP contribution is 2.41. The molecule has 1 aromatic heterocycles. The van der Waals surface area contributed by atoms with Crippen molar-refractivity contribution in [2.75, 3.05) is 45.7 Å². The van der Waals surface area contributed by atoms with Crippen molar-refractivity contribution in [1.82, 2.24) is 14.8 Å². The van der Waals surface area contributed by atoms with E-state index in [2.05, 4.69) is 16.8 Å². The molecule has 0 bridgehead atoms. The Bertz CT molecular complexity index is 887. The van der Waals surface area contributed by atoms with Crippen molar-refractivity contribution in [3.8, 4) is 0 Å². The summed E-state index contributed by atoms with van der Waals surface area (Å²) >= 11 is 1.15. The highest BCUT2D eigenvalue weighted by atomic mass is 127. The lowest BCUT2D eigenvalue weighted by molar-refractivity contribution is -0.132. The van der Waals surface area contributed by atoms with Crippen LogP contribution < -0.4 is 4.90 Å². The Hall–Kier alpha value is -1.55. The van der Waals surface area contributed by atoms with Gasteiger partial charge in [-0.05, 0) is 50.7 Å². The highest BCUT2D eigenvalue weighted by Gasteiger charge is 2.33. The highest BCUT2D eigenvalue weighted by molar-refractivity contribution is 14.1. The Labute approximate surface area is 184 Å². The first-order valence-electron chi connectivity index (χ1n) is 9.68. The van der Waals surface area contributed by atoms with Crippen molar-refractivity contribution in [1.29, 1.82) is 0 Å². The van der Waals surface area contributed by atoms with Gasteiger partial charge in [-0.15, -0.1) is 0 Å². The third-order valence-corrected chi connectivity index (χ3v) is 6.00. The number of aromatic nitrogens is 1. The summed E-state index contributed by atoms with van der Waals surface area (Å²) in [5.74, 6) is 0.459. The van der Waals surface area contributed by atoms with Gasteiger partial charge in [-0.25, -0.2) is 0 Å². The first-order chi connectivity index (χ1) is 13.6. The predicted molar refractivity (Wildman–Crippen MR) is 121 cm³/mol. The van der Waals surface area contributed by atoms with Crippen LogP contribution in [0.2, 0.25) is 0 Å². The topological polar surface area (TPSA) is 39.7 Å². The molecular weight excluding hydrogens is 489 g/mol. The lowest BCUT2D eigenvalue weighted by Gasteiger charge is -2.42. The zero-order valence-corrected chi connectivity index (χ0v) is 19.4. The van der Waals surface area contributed by atoms with Crippen LogP contribution in [0.15, 0.2) is 30.5 Å². The maximum absolute atomic E-state index is 14.1. The van der Waals surface area contributed by atoms with Gasteiger partial charge in [0, 0.05) is 66.0 Å². The third-order valence-electron chi connectivity index (χ3n) is 5.42. The molecule has 2 atom stereocenters. The largest absolute Gasteiger partial charge is 0.369 e. The molecule has 0 N–H and O–H groups in total. The molecule has 1 fully saturated rings. The summed E-state index contributed by atoms with van der Waals surface area (Å²) in [6.45, 7) is 4.02. The molecule has 158 valence electrons. The molecule has 1 amide bonds. The fraction of sp³-hybridized carbons (Fsp3) is 0.524. The summed E-state index contributed by atoms with van der Waals surface area (Å²) in [7, 11) is 5.61. The molecule has 1 aliphatic heterocycles. The van der Waals surface area contributed by atoms with Crippen LogP contribution in [0, 0.1) is 5.92 Å². The zero-order valence-electron chi connectivity index (χ0n) is 17.2. The summed E-state index contributed by atoms with van der Waals surface area (Å²) in [5, 5.41) is 0.719. The van der Waals surface area contributed by atoms with Gasteiger partial charge in [-0.3, -0.25) is 9.78 Å². The normalized spacial score (nSPS) is 20.3. The van der Waals surface area contributed by atoms with Crippen LogP contribution in [0.1, 0.15) is 18.9 Å². The van der Waals surface area contributed by atoms with E-state index in [0.29, 0.717) is 24.5 Å². The molecule has 1 aromatic carbocycles. The number of alkyl halides is 3. The number of benzene rings is 1. The fourth-order valence-corrected chi connectivity index (χ4v) is 4.48. The van der Waals surface area contributed by atoms with E-state index in [0.717, 1.165) is 46.6 Å². The van der Waals surface area contributed by atoms with Gasteiger partial charge >= 0.3 is 3.93 Å². The van der Waals surface area contributed by atoms with Crippen LogP contribution in [0.3, 0.4) is 0 Å². The second kappa shape index (κ2) is 8.67. The number of pyridine rings is 1. The van der Waals surface area contributed by atoms with E-state index in [-0.39, 0.29) is 17.5 Å². The number of halogens is 3. The number of carbonyl (C=O) groups is 1. The van der Waals surface area contributed by atoms with Crippen molar-refractivity contribution in [3.63, 3.8) is 0 Å². The van der Waals surface area contributed by atoms with Crippen LogP contribution in [-0.2, 0) is 8.72 Å². The molecule has 0 unspecified atom stereocenters. The Morgan fingerprint density at radius 2 is 2.00 bits per heavy atom. The Morgan fingerprint density at radius 1 is 1.28 bits per heavy atom. The summed E-state index contributed by atoms with van der Waals surface area (Å²) in [6.07, 6.45) is 2.47. The number of nitrogens with zero attached hydrogens (tertiary/aromatic N) is 4. The minimum absolute atomic E-state index is 0.0719. The minimum Gasteiger partial charge on any atom is -0.369 e. The first kappa shape index (κ1) is 22.1. The van der Waals surface area contributed by atoms with E-state index in [9.17, 15) is 13.6 Å². The van der Waals surface area contributed by atoms with E-state index in [4.69, 9.17) is 0 Å². The Morgan fingerprint density at radius 3 is 2.66 bits per heavy atom. The second-order valence-corrected chi connectivity index (χ2v) is 9.53. The van der Waals surface area contributed by atoms with E-state index in [1.165, 1.54) is 6.07 Å². The maximum Gasteiger partial charge on any atom is 0.323 e. The van der Waals surface area contributed by atoms with E-state index in [1.54, 1.807) is 18.3 Å². The first-order valence-corrected chi connectivity index (χ1v) is 10.8. The average Bonchev–Trinajstić information content (AvgIpc) is 2.64. The van der Waals surface area contributed by atoms with Crippen molar-refractivity contribution in [2.45, 2.75) is 23.3 Å². The Kier molecular flexibility index (Phi) is 6.62. The molecule has 0 spiro atoms. The zero-order chi connectivity index (χ0) is 21.3. The summed E-state index contributed by atoms with van der Waals surface area (Å²) in [5.41, 5.74) is 1.15. The van der Waals surface area contributed by atoms with Crippen molar-refractivity contribution in [2.24, 2.45) is 5.92 Å². The van der Waals surface area contributed by atoms with Gasteiger partial charge in [0.15, 0.2) is 0 Å². The van der Waals surface area contributed by atoms with Crippen LogP contribution in [0.5, 0.6) is 0 Å². The van der Waals surface area contributed by atoms with Gasteiger partial charge in [0.05, 0.1) is 17.6 Å². The molecule has 0 aliphatic carbocycles. The maximum atomic E-state index is 14.1. The molecule has 2 heterocycles. The van der Waals surface area contributed by atoms with Crippen LogP contribution in [-0.4, -0.2) is 67.5 Å². The van der Waals surface area contributed by atoms with E-state index >= 15 is 0 Å². The van der Waals surface area contributed by atoms with Gasteiger partial charge < -0.3 is 14.7 Å². The van der Waals surface area contributed by atoms with Crippen molar-refractivity contribution >= 4 is 45.1 Å². The monoisotopic (exact) mass is 516 g/mol. The van der Waals surface area contributed by atoms with Crippen LogP contribution in [0.4, 0.5) is 14.5 Å². The lowest BCUT2D eigenvalue weighted by atomic mass is 9.93.